The van der Waals surface area contributed by atoms with Crippen LogP contribution in [0, 0.1) is 12.8 Å². The smallest absolute Gasteiger partial charge is 0.252 e. The maximum Gasteiger partial charge on any atom is 0.252 e. The summed E-state index contributed by atoms with van der Waals surface area (Å²) < 4.78 is 0. The second kappa shape index (κ2) is 7.51. The maximum atomic E-state index is 12.6. The Balaban J connectivity index is 2.16. The molecule has 1 unspecified atom stereocenters. The third kappa shape index (κ3) is 4.26. The van der Waals surface area contributed by atoms with E-state index in [1.165, 1.54) is 5.56 Å². The van der Waals surface area contributed by atoms with E-state index < -0.39 is 5.60 Å². The molecule has 22 heavy (non-hydrogen) atoms. The second-order valence-corrected chi connectivity index (χ2v) is 7.88. The number of hydrogen-bond donors (Lipinski definition) is 2. The van der Waals surface area contributed by atoms with E-state index in [-0.39, 0.29) is 11.9 Å². The van der Waals surface area contributed by atoms with Crippen molar-refractivity contribution in [1.82, 2.24) is 5.32 Å². The summed E-state index contributed by atoms with van der Waals surface area (Å²) in [5.74, 6) is 1.97. The van der Waals surface area contributed by atoms with Gasteiger partial charge in [0.05, 0.1) is 6.04 Å². The normalized spacial score (nSPS) is 19.0. The molecule has 0 spiro atoms. The summed E-state index contributed by atoms with van der Waals surface area (Å²) in [6.07, 6.45) is 1.97. The van der Waals surface area contributed by atoms with Crippen LogP contribution >= 0.6 is 11.8 Å². The number of amides is 1. The van der Waals surface area contributed by atoms with Gasteiger partial charge in [-0.3, -0.25) is 4.79 Å². The summed E-state index contributed by atoms with van der Waals surface area (Å²) in [6, 6.07) is 8.13. The van der Waals surface area contributed by atoms with Crippen molar-refractivity contribution in [3.63, 3.8) is 0 Å². The maximum absolute atomic E-state index is 12.6. The minimum absolute atomic E-state index is 0.0349. The fraction of sp³-hybridized carbons (Fsp3) is 0.611. The van der Waals surface area contributed by atoms with Crippen LogP contribution in [0.1, 0.15) is 50.3 Å². The first-order valence-corrected chi connectivity index (χ1v) is 9.24. The number of aryl methyl sites for hydroxylation is 1. The van der Waals surface area contributed by atoms with Crippen molar-refractivity contribution >= 4 is 17.7 Å². The minimum atomic E-state index is -1.19. The first kappa shape index (κ1) is 17.4. The number of carbonyl (C=O) groups is 1. The standard InChI is InChI=1S/C18H27NO2S/c1-13(2)12-16(15-7-5-4-6-14(15)3)19-17(20)18(21)8-10-22-11-9-18/h4-7,13,16,21H,8-12H2,1-3H3,(H,19,20). The number of aliphatic hydroxyl groups is 1. The monoisotopic (exact) mass is 321 g/mol. The molecule has 1 heterocycles. The molecule has 1 aromatic carbocycles. The SMILES string of the molecule is Cc1ccccc1C(CC(C)C)NC(=O)C1(O)CCSCC1. The van der Waals surface area contributed by atoms with Gasteiger partial charge in [0.1, 0.15) is 5.60 Å². The molecule has 1 aliphatic heterocycles. The van der Waals surface area contributed by atoms with Crippen LogP contribution in [0.4, 0.5) is 0 Å². The Morgan fingerprint density at radius 2 is 1.95 bits per heavy atom. The predicted molar refractivity (Wildman–Crippen MR) is 93.0 cm³/mol. The van der Waals surface area contributed by atoms with Crippen molar-refractivity contribution < 1.29 is 9.90 Å². The largest absolute Gasteiger partial charge is 0.380 e. The molecule has 122 valence electrons. The van der Waals surface area contributed by atoms with E-state index >= 15 is 0 Å². The molecule has 1 aliphatic rings. The lowest BCUT2D eigenvalue weighted by Gasteiger charge is -2.33. The summed E-state index contributed by atoms with van der Waals surface area (Å²) in [4.78, 5) is 12.6. The number of thioether (sulfide) groups is 1. The number of carbonyl (C=O) groups excluding carboxylic acids is 1. The molecule has 1 fully saturated rings. The van der Waals surface area contributed by atoms with Gasteiger partial charge in [0.15, 0.2) is 0 Å². The fourth-order valence-corrected chi connectivity index (χ4v) is 4.11. The highest BCUT2D eigenvalue weighted by Crippen LogP contribution is 2.30. The first-order valence-electron chi connectivity index (χ1n) is 8.09. The average Bonchev–Trinajstić information content (AvgIpc) is 2.47. The summed E-state index contributed by atoms with van der Waals surface area (Å²) in [7, 11) is 0. The van der Waals surface area contributed by atoms with Gasteiger partial charge in [-0.05, 0) is 54.7 Å². The van der Waals surface area contributed by atoms with Crippen molar-refractivity contribution in [3.05, 3.63) is 35.4 Å². The van der Waals surface area contributed by atoms with Crippen LogP contribution in [-0.4, -0.2) is 28.1 Å². The summed E-state index contributed by atoms with van der Waals surface area (Å²) in [5.41, 5.74) is 1.14. The number of rotatable bonds is 5. The Kier molecular flexibility index (Phi) is 5.93. The molecular formula is C18H27NO2S. The van der Waals surface area contributed by atoms with E-state index in [1.807, 2.05) is 12.1 Å². The second-order valence-electron chi connectivity index (χ2n) is 6.66. The average molecular weight is 321 g/mol. The zero-order valence-corrected chi connectivity index (χ0v) is 14.6. The lowest BCUT2D eigenvalue weighted by atomic mass is 9.91. The zero-order chi connectivity index (χ0) is 16.2. The van der Waals surface area contributed by atoms with Crippen LogP contribution in [0.3, 0.4) is 0 Å². The molecule has 2 N–H and O–H groups in total. The first-order chi connectivity index (χ1) is 10.4. The van der Waals surface area contributed by atoms with Gasteiger partial charge in [-0.1, -0.05) is 38.1 Å². The lowest BCUT2D eigenvalue weighted by Crippen LogP contribution is -2.50. The van der Waals surface area contributed by atoms with Crippen LogP contribution in [0.2, 0.25) is 0 Å². The molecule has 0 radical (unpaired) electrons. The van der Waals surface area contributed by atoms with Gasteiger partial charge in [-0.2, -0.15) is 11.8 Å². The van der Waals surface area contributed by atoms with Crippen molar-refractivity contribution in [1.29, 1.82) is 0 Å². The Bertz CT molecular complexity index is 510. The molecule has 0 aliphatic carbocycles. The van der Waals surface area contributed by atoms with Crippen molar-refractivity contribution in [3.8, 4) is 0 Å². The van der Waals surface area contributed by atoms with E-state index in [2.05, 4.69) is 38.2 Å². The Labute approximate surface area is 137 Å². The third-order valence-corrected chi connectivity index (χ3v) is 5.30. The number of benzene rings is 1. The number of hydrogen-bond acceptors (Lipinski definition) is 3. The topological polar surface area (TPSA) is 49.3 Å². The van der Waals surface area contributed by atoms with E-state index in [0.29, 0.717) is 18.8 Å². The van der Waals surface area contributed by atoms with Gasteiger partial charge in [0.2, 0.25) is 0 Å². The molecule has 2 rings (SSSR count). The Morgan fingerprint density at radius 3 is 2.55 bits per heavy atom. The predicted octanol–water partition coefficient (Wildman–Crippen LogP) is 3.46. The van der Waals surface area contributed by atoms with Crippen LogP contribution in [-0.2, 0) is 4.79 Å². The number of nitrogens with one attached hydrogen (secondary N) is 1. The van der Waals surface area contributed by atoms with Gasteiger partial charge in [-0.15, -0.1) is 0 Å². The van der Waals surface area contributed by atoms with Gasteiger partial charge in [0.25, 0.3) is 5.91 Å². The molecule has 1 amide bonds. The third-order valence-electron chi connectivity index (χ3n) is 4.32. The summed E-state index contributed by atoms with van der Waals surface area (Å²) in [5, 5.41) is 13.7. The van der Waals surface area contributed by atoms with Gasteiger partial charge >= 0.3 is 0 Å². The highest BCUT2D eigenvalue weighted by molar-refractivity contribution is 7.99. The molecule has 0 aromatic heterocycles. The van der Waals surface area contributed by atoms with E-state index in [4.69, 9.17) is 0 Å². The van der Waals surface area contributed by atoms with Gasteiger partial charge in [0, 0.05) is 0 Å². The molecule has 4 heteroatoms. The van der Waals surface area contributed by atoms with E-state index in [0.717, 1.165) is 23.5 Å². The molecule has 1 aromatic rings. The Morgan fingerprint density at radius 1 is 1.32 bits per heavy atom. The Hall–Kier alpha value is -1.000. The molecule has 3 nitrogen and oxygen atoms in total. The lowest BCUT2D eigenvalue weighted by molar-refractivity contribution is -0.141. The van der Waals surface area contributed by atoms with Crippen molar-refractivity contribution in [2.24, 2.45) is 5.92 Å². The van der Waals surface area contributed by atoms with E-state index in [1.54, 1.807) is 11.8 Å². The highest BCUT2D eigenvalue weighted by atomic mass is 32.2. The molecule has 1 saturated heterocycles. The molecule has 1 atom stereocenters. The molecular weight excluding hydrogens is 294 g/mol. The van der Waals surface area contributed by atoms with Crippen LogP contribution in [0.5, 0.6) is 0 Å². The van der Waals surface area contributed by atoms with E-state index in [9.17, 15) is 9.90 Å². The van der Waals surface area contributed by atoms with Crippen LogP contribution < -0.4 is 5.32 Å². The summed E-state index contributed by atoms with van der Waals surface area (Å²) >= 11 is 1.80. The van der Waals surface area contributed by atoms with Crippen molar-refractivity contribution in [2.75, 3.05) is 11.5 Å². The molecule has 0 saturated carbocycles. The minimum Gasteiger partial charge on any atom is -0.380 e. The summed E-state index contributed by atoms with van der Waals surface area (Å²) in [6.45, 7) is 6.38. The van der Waals surface area contributed by atoms with Crippen LogP contribution in [0.15, 0.2) is 24.3 Å². The fourth-order valence-electron chi connectivity index (χ4n) is 2.94. The highest BCUT2D eigenvalue weighted by Gasteiger charge is 2.38. The zero-order valence-electron chi connectivity index (χ0n) is 13.8. The van der Waals surface area contributed by atoms with Gasteiger partial charge in [-0.25, -0.2) is 0 Å². The van der Waals surface area contributed by atoms with Gasteiger partial charge < -0.3 is 10.4 Å². The molecule has 0 bridgehead atoms. The quantitative estimate of drug-likeness (QED) is 0.873. The van der Waals surface area contributed by atoms with Crippen LogP contribution in [0.25, 0.3) is 0 Å². The van der Waals surface area contributed by atoms with Crippen molar-refractivity contribution in [2.45, 2.75) is 51.7 Å².